The van der Waals surface area contributed by atoms with Crippen LogP contribution in [0.3, 0.4) is 0 Å². The number of ether oxygens (including phenoxy) is 1. The molecule has 1 aliphatic rings. The molecule has 0 radical (unpaired) electrons. The van der Waals surface area contributed by atoms with Crippen molar-refractivity contribution in [3.8, 4) is 0 Å². The molecule has 3 amide bonds. The number of hydrogen-bond donors (Lipinski definition) is 1. The van der Waals surface area contributed by atoms with Crippen LogP contribution in [0.5, 0.6) is 0 Å². The molecule has 1 heterocycles. The standard InChI is InChI=1S/C17H24FN3O3/c1-4-24-17(23)21-8-7-14(11-21)19-16(22)20(3)10-13-6-5-12(2)15(18)9-13/h5-6,9,14H,4,7-8,10-11H2,1-3H3,(H,19,22). The normalized spacial score (nSPS) is 16.8. The van der Waals surface area contributed by atoms with Gasteiger partial charge < -0.3 is 19.9 Å². The van der Waals surface area contributed by atoms with E-state index in [1.165, 1.54) is 11.0 Å². The summed E-state index contributed by atoms with van der Waals surface area (Å²) in [5.41, 5.74) is 1.31. The Hall–Kier alpha value is -2.31. The predicted octanol–water partition coefficient (Wildman–Crippen LogP) is 2.51. The minimum Gasteiger partial charge on any atom is -0.450 e. The number of nitrogens with zero attached hydrogens (tertiary/aromatic N) is 2. The van der Waals surface area contributed by atoms with Crippen LogP contribution < -0.4 is 5.32 Å². The zero-order chi connectivity index (χ0) is 17.7. The second-order valence-corrected chi connectivity index (χ2v) is 6.02. The lowest BCUT2D eigenvalue weighted by Crippen LogP contribution is -2.44. The summed E-state index contributed by atoms with van der Waals surface area (Å²) in [6, 6.07) is 4.60. The van der Waals surface area contributed by atoms with Crippen LogP contribution in [0.1, 0.15) is 24.5 Å². The van der Waals surface area contributed by atoms with Gasteiger partial charge in [0, 0.05) is 32.7 Å². The van der Waals surface area contributed by atoms with Crippen LogP contribution in [0.25, 0.3) is 0 Å². The van der Waals surface area contributed by atoms with E-state index in [1.54, 1.807) is 37.9 Å². The molecule has 6 nitrogen and oxygen atoms in total. The number of aryl methyl sites for hydroxylation is 1. The summed E-state index contributed by atoms with van der Waals surface area (Å²) in [6.45, 7) is 5.12. The summed E-state index contributed by atoms with van der Waals surface area (Å²) in [6.07, 6.45) is 0.343. The number of likely N-dealkylation sites (tertiary alicyclic amines) is 1. The summed E-state index contributed by atoms with van der Waals surface area (Å²) in [7, 11) is 1.66. The van der Waals surface area contributed by atoms with Crippen molar-refractivity contribution in [3.05, 3.63) is 35.1 Å². The van der Waals surface area contributed by atoms with Gasteiger partial charge in [0.2, 0.25) is 0 Å². The molecule has 1 aliphatic heterocycles. The molecule has 1 unspecified atom stereocenters. The SMILES string of the molecule is CCOC(=O)N1CCC(NC(=O)N(C)Cc2ccc(C)c(F)c2)C1. The van der Waals surface area contributed by atoms with Crippen LogP contribution in [-0.2, 0) is 11.3 Å². The molecule has 1 fully saturated rings. The Balaban J connectivity index is 1.83. The third kappa shape index (κ3) is 4.59. The van der Waals surface area contributed by atoms with Gasteiger partial charge in [0.05, 0.1) is 6.61 Å². The maximum Gasteiger partial charge on any atom is 0.409 e. The van der Waals surface area contributed by atoms with Gasteiger partial charge in [-0.05, 0) is 37.5 Å². The summed E-state index contributed by atoms with van der Waals surface area (Å²) < 4.78 is 18.5. The van der Waals surface area contributed by atoms with E-state index in [2.05, 4.69) is 5.32 Å². The Morgan fingerprint density at radius 3 is 2.88 bits per heavy atom. The minimum atomic E-state index is -0.349. The van der Waals surface area contributed by atoms with Crippen LogP contribution in [0.15, 0.2) is 18.2 Å². The first-order chi connectivity index (χ1) is 11.4. The number of nitrogens with one attached hydrogen (secondary N) is 1. The highest BCUT2D eigenvalue weighted by Gasteiger charge is 2.28. The number of amides is 3. The Labute approximate surface area is 141 Å². The van der Waals surface area contributed by atoms with Crippen LogP contribution >= 0.6 is 0 Å². The maximum absolute atomic E-state index is 13.6. The van der Waals surface area contributed by atoms with Gasteiger partial charge in [-0.2, -0.15) is 0 Å². The van der Waals surface area contributed by atoms with Crippen molar-refractivity contribution in [2.75, 3.05) is 26.7 Å². The fourth-order valence-electron chi connectivity index (χ4n) is 2.62. The molecule has 1 aromatic carbocycles. The van der Waals surface area contributed by atoms with Crippen molar-refractivity contribution in [1.29, 1.82) is 0 Å². The second-order valence-electron chi connectivity index (χ2n) is 6.02. The molecule has 1 aromatic rings. The van der Waals surface area contributed by atoms with E-state index >= 15 is 0 Å². The first kappa shape index (κ1) is 18.0. The molecule has 1 N–H and O–H groups in total. The number of hydrogen-bond acceptors (Lipinski definition) is 3. The van der Waals surface area contributed by atoms with Crippen molar-refractivity contribution in [1.82, 2.24) is 15.1 Å². The highest BCUT2D eigenvalue weighted by atomic mass is 19.1. The predicted molar refractivity (Wildman–Crippen MR) is 88.1 cm³/mol. The zero-order valence-electron chi connectivity index (χ0n) is 14.3. The molecule has 1 saturated heterocycles. The average molecular weight is 337 g/mol. The fourth-order valence-corrected chi connectivity index (χ4v) is 2.62. The first-order valence-electron chi connectivity index (χ1n) is 8.09. The Morgan fingerprint density at radius 2 is 2.21 bits per heavy atom. The number of carbonyl (C=O) groups is 2. The average Bonchev–Trinajstić information content (AvgIpc) is 2.99. The summed E-state index contributed by atoms with van der Waals surface area (Å²) in [5, 5.41) is 2.90. The smallest absolute Gasteiger partial charge is 0.409 e. The number of halogens is 1. The zero-order valence-corrected chi connectivity index (χ0v) is 14.3. The molecule has 2 rings (SSSR count). The van der Waals surface area contributed by atoms with Crippen molar-refractivity contribution in [3.63, 3.8) is 0 Å². The highest BCUT2D eigenvalue weighted by Crippen LogP contribution is 2.13. The number of urea groups is 1. The van der Waals surface area contributed by atoms with Gasteiger partial charge in [0.1, 0.15) is 5.82 Å². The Bertz CT molecular complexity index is 609. The van der Waals surface area contributed by atoms with Gasteiger partial charge in [-0.15, -0.1) is 0 Å². The van der Waals surface area contributed by atoms with E-state index in [9.17, 15) is 14.0 Å². The molecule has 1 atom stereocenters. The van der Waals surface area contributed by atoms with Crippen LogP contribution in [0, 0.1) is 12.7 Å². The topological polar surface area (TPSA) is 61.9 Å². The molecule has 0 saturated carbocycles. The number of rotatable bonds is 4. The first-order valence-corrected chi connectivity index (χ1v) is 8.09. The van der Waals surface area contributed by atoms with Gasteiger partial charge in [-0.1, -0.05) is 12.1 Å². The van der Waals surface area contributed by atoms with E-state index in [4.69, 9.17) is 4.74 Å². The lowest BCUT2D eigenvalue weighted by Gasteiger charge is -2.21. The van der Waals surface area contributed by atoms with Crippen LogP contribution in [0.4, 0.5) is 14.0 Å². The monoisotopic (exact) mass is 337 g/mol. The van der Waals surface area contributed by atoms with Crippen molar-refractivity contribution in [2.45, 2.75) is 32.9 Å². The summed E-state index contributed by atoms with van der Waals surface area (Å²) >= 11 is 0. The molecule has 132 valence electrons. The molecular weight excluding hydrogens is 313 g/mol. The molecule has 0 aromatic heterocycles. The lowest BCUT2D eigenvalue weighted by molar-refractivity contribution is 0.115. The van der Waals surface area contributed by atoms with E-state index in [0.717, 1.165) is 5.56 Å². The quantitative estimate of drug-likeness (QED) is 0.918. The van der Waals surface area contributed by atoms with E-state index in [0.29, 0.717) is 38.2 Å². The van der Waals surface area contributed by atoms with Crippen molar-refractivity contribution in [2.24, 2.45) is 0 Å². The third-order valence-electron chi connectivity index (χ3n) is 4.04. The van der Waals surface area contributed by atoms with Gasteiger partial charge in [0.25, 0.3) is 0 Å². The van der Waals surface area contributed by atoms with Crippen molar-refractivity contribution < 1.29 is 18.7 Å². The highest BCUT2D eigenvalue weighted by molar-refractivity contribution is 5.74. The second kappa shape index (κ2) is 7.99. The molecule has 0 bridgehead atoms. The fraction of sp³-hybridized carbons (Fsp3) is 0.529. The minimum absolute atomic E-state index is 0.0980. The van der Waals surface area contributed by atoms with Crippen LogP contribution in [-0.4, -0.2) is 54.7 Å². The third-order valence-corrected chi connectivity index (χ3v) is 4.04. The number of carbonyl (C=O) groups excluding carboxylic acids is 2. The van der Waals surface area contributed by atoms with Gasteiger partial charge in [-0.25, -0.2) is 14.0 Å². The molecule has 0 aliphatic carbocycles. The Kier molecular flexibility index (Phi) is 6.00. The molecular formula is C17H24FN3O3. The number of benzene rings is 1. The Morgan fingerprint density at radius 1 is 1.46 bits per heavy atom. The van der Waals surface area contributed by atoms with Crippen LogP contribution in [0.2, 0.25) is 0 Å². The van der Waals surface area contributed by atoms with Gasteiger partial charge in [0.15, 0.2) is 0 Å². The maximum atomic E-state index is 13.6. The molecule has 24 heavy (non-hydrogen) atoms. The van der Waals surface area contributed by atoms with E-state index in [-0.39, 0.29) is 24.0 Å². The van der Waals surface area contributed by atoms with E-state index in [1.807, 2.05) is 0 Å². The van der Waals surface area contributed by atoms with E-state index < -0.39 is 0 Å². The summed E-state index contributed by atoms with van der Waals surface area (Å²) in [4.78, 5) is 27.0. The lowest BCUT2D eigenvalue weighted by atomic mass is 10.1. The van der Waals surface area contributed by atoms with Gasteiger partial charge >= 0.3 is 12.1 Å². The van der Waals surface area contributed by atoms with Gasteiger partial charge in [-0.3, -0.25) is 0 Å². The largest absolute Gasteiger partial charge is 0.450 e. The summed E-state index contributed by atoms with van der Waals surface area (Å²) in [5.74, 6) is -0.276. The van der Waals surface area contributed by atoms with Crippen molar-refractivity contribution >= 4 is 12.1 Å². The molecule has 0 spiro atoms. The molecule has 7 heteroatoms.